The number of nitrogens with zero attached hydrogens (tertiary/aromatic N) is 9. The van der Waals surface area contributed by atoms with E-state index in [9.17, 15) is 19.3 Å². The molecular weight excluding hydrogens is 685 g/mol. The lowest BCUT2D eigenvalue weighted by Crippen LogP contribution is -3.00. The zero-order valence-electron chi connectivity index (χ0n) is 26.2. The number of carbonyl (C=O) groups is 1. The van der Waals surface area contributed by atoms with Crippen molar-refractivity contribution in [2.24, 2.45) is 7.05 Å². The second kappa shape index (κ2) is 14.0. The number of benzene rings is 2. The molecule has 1 amide bonds. The Morgan fingerprint density at radius 3 is 2.71 bits per heavy atom. The molecule has 48 heavy (non-hydrogen) atoms. The highest BCUT2D eigenvalue weighted by atomic mass is 79.9. The van der Waals surface area contributed by atoms with Crippen LogP contribution in [-0.4, -0.2) is 70.2 Å². The van der Waals surface area contributed by atoms with Gasteiger partial charge >= 0.3 is 5.82 Å². The summed E-state index contributed by atoms with van der Waals surface area (Å²) in [5.41, 5.74) is 3.57. The fraction of sp³-hybridized carbons (Fsp3) is 0.188. The topological polar surface area (TPSA) is 159 Å². The molecule has 0 atom stereocenters. The Kier molecular flexibility index (Phi) is 9.86. The van der Waals surface area contributed by atoms with Crippen molar-refractivity contribution in [3.63, 3.8) is 0 Å². The standard InChI is InChI=1S/C32H30FN11O3.BrH/c1-41-20-37-32(43(46)47)28(41)18-44(2,3)11-5-8-30(45)40-29-14-25-26(16-34-29)35-19-36-31(25)39-24-9-10-27-22(13-24)15-38-42(27)17-21-6-4-7-23(33)12-21;/h4-10,12-16,19-20H,11,17-18H2,1-3H3,(H-,34,35,36,39,40,45);1H/b8-5+;. The number of halogens is 2. The lowest BCUT2D eigenvalue weighted by molar-refractivity contribution is -0.898. The van der Waals surface area contributed by atoms with Gasteiger partial charge in [0.25, 0.3) is 0 Å². The maximum absolute atomic E-state index is 13.7. The van der Waals surface area contributed by atoms with Gasteiger partial charge in [-0.3, -0.25) is 9.48 Å². The van der Waals surface area contributed by atoms with E-state index in [4.69, 9.17) is 0 Å². The first-order chi connectivity index (χ1) is 22.5. The second-order valence-electron chi connectivity index (χ2n) is 11.7. The quantitative estimate of drug-likeness (QED) is 0.0882. The average Bonchev–Trinajstić information content (AvgIpc) is 3.59. The lowest BCUT2D eigenvalue weighted by Gasteiger charge is -2.27. The molecule has 0 aliphatic rings. The van der Waals surface area contributed by atoms with Crippen molar-refractivity contribution in [2.75, 3.05) is 31.3 Å². The first kappa shape index (κ1) is 33.7. The molecule has 6 rings (SSSR count). The number of rotatable bonds is 11. The molecule has 14 nitrogen and oxygen atoms in total. The number of pyridine rings is 1. The van der Waals surface area contributed by atoms with Crippen LogP contribution in [0.4, 0.5) is 27.5 Å². The number of hydrogen-bond donors (Lipinski definition) is 2. The highest BCUT2D eigenvalue weighted by Crippen LogP contribution is 2.27. The van der Waals surface area contributed by atoms with E-state index in [1.54, 1.807) is 42.2 Å². The number of aryl methyl sites for hydroxylation is 1. The third kappa shape index (κ3) is 7.67. The number of quaternary nitrogens is 1. The SMILES string of the molecule is Cn1cnc([N+](=O)[O-])c1C[N+](C)(C)C/C=C/C(=O)Nc1cc2c(Nc3ccc4c(cnn4Cc4cccc(F)c4)c3)ncnc2cn1.[Br-]. The van der Waals surface area contributed by atoms with Crippen LogP contribution < -0.4 is 27.6 Å². The maximum Gasteiger partial charge on any atom is 0.390 e. The number of aromatic nitrogens is 7. The van der Waals surface area contributed by atoms with Crippen molar-refractivity contribution in [1.82, 2.24) is 34.3 Å². The van der Waals surface area contributed by atoms with E-state index < -0.39 is 4.92 Å². The van der Waals surface area contributed by atoms with Crippen LogP contribution >= 0.6 is 0 Å². The number of amides is 1. The molecule has 0 saturated heterocycles. The van der Waals surface area contributed by atoms with Gasteiger partial charge in [0.05, 0.1) is 50.6 Å². The molecule has 0 bridgehead atoms. The zero-order chi connectivity index (χ0) is 33.1. The summed E-state index contributed by atoms with van der Waals surface area (Å²) in [7, 11) is 5.54. The lowest BCUT2D eigenvalue weighted by atomic mass is 10.2. The molecule has 0 radical (unpaired) electrons. The Morgan fingerprint density at radius 1 is 1.08 bits per heavy atom. The van der Waals surface area contributed by atoms with E-state index in [1.165, 1.54) is 30.9 Å². The Hall–Kier alpha value is -5.61. The fourth-order valence-corrected chi connectivity index (χ4v) is 5.22. The van der Waals surface area contributed by atoms with E-state index in [2.05, 4.69) is 35.7 Å². The van der Waals surface area contributed by atoms with Crippen LogP contribution in [0, 0.1) is 15.9 Å². The van der Waals surface area contributed by atoms with Gasteiger partial charge in [0.15, 0.2) is 5.69 Å². The van der Waals surface area contributed by atoms with Gasteiger partial charge in [-0.15, -0.1) is 0 Å². The molecule has 0 aliphatic heterocycles. The van der Waals surface area contributed by atoms with Gasteiger partial charge in [-0.25, -0.2) is 19.3 Å². The number of nitro groups is 1. The van der Waals surface area contributed by atoms with Gasteiger partial charge in [-0.2, -0.15) is 5.10 Å². The van der Waals surface area contributed by atoms with Gasteiger partial charge in [0, 0.05) is 29.6 Å². The maximum atomic E-state index is 13.7. The van der Waals surface area contributed by atoms with Crippen molar-refractivity contribution in [3.05, 3.63) is 113 Å². The molecule has 2 aromatic carbocycles. The van der Waals surface area contributed by atoms with Gasteiger partial charge in [0.1, 0.15) is 30.3 Å². The summed E-state index contributed by atoms with van der Waals surface area (Å²) in [6.07, 6.45) is 9.29. The number of fused-ring (bicyclic) bond motifs is 2. The molecule has 16 heteroatoms. The molecular formula is C32H31BrFN11O3. The third-order valence-electron chi connectivity index (χ3n) is 7.56. The monoisotopic (exact) mass is 715 g/mol. The predicted octanol–water partition coefficient (Wildman–Crippen LogP) is 1.72. The molecule has 0 saturated carbocycles. The Morgan fingerprint density at radius 2 is 1.92 bits per heavy atom. The van der Waals surface area contributed by atoms with E-state index in [1.807, 2.05) is 43.0 Å². The van der Waals surface area contributed by atoms with Crippen molar-refractivity contribution in [1.29, 1.82) is 0 Å². The minimum absolute atomic E-state index is 0. The zero-order valence-corrected chi connectivity index (χ0v) is 27.8. The van der Waals surface area contributed by atoms with Gasteiger partial charge < -0.3 is 46.8 Å². The Bertz CT molecular complexity index is 2160. The number of likely N-dealkylation sites (N-methyl/N-ethyl adjacent to an activating group) is 1. The summed E-state index contributed by atoms with van der Waals surface area (Å²) in [5, 5.41) is 23.5. The number of carbonyl (C=O) groups excluding carboxylic acids is 1. The van der Waals surface area contributed by atoms with Crippen LogP contribution in [0.2, 0.25) is 0 Å². The van der Waals surface area contributed by atoms with E-state index >= 15 is 0 Å². The van der Waals surface area contributed by atoms with Crippen LogP contribution in [-0.2, 0) is 24.9 Å². The molecule has 6 aromatic rings. The van der Waals surface area contributed by atoms with Gasteiger partial charge in [-0.1, -0.05) is 12.1 Å². The van der Waals surface area contributed by atoms with Crippen LogP contribution in [0.5, 0.6) is 0 Å². The van der Waals surface area contributed by atoms with Gasteiger partial charge in [-0.05, 0) is 57.9 Å². The van der Waals surface area contributed by atoms with Crippen molar-refractivity contribution >= 4 is 50.9 Å². The molecule has 0 spiro atoms. The van der Waals surface area contributed by atoms with Crippen LogP contribution in [0.25, 0.3) is 21.8 Å². The Balaban J connectivity index is 0.00000451. The van der Waals surface area contributed by atoms with Crippen molar-refractivity contribution in [2.45, 2.75) is 13.1 Å². The minimum Gasteiger partial charge on any atom is -1.00 e. The van der Waals surface area contributed by atoms with Crippen LogP contribution in [0.15, 0.2) is 85.7 Å². The predicted molar refractivity (Wildman–Crippen MR) is 174 cm³/mol. The number of hydrogen-bond acceptors (Lipinski definition) is 9. The average molecular weight is 717 g/mol. The smallest absolute Gasteiger partial charge is 0.390 e. The van der Waals surface area contributed by atoms with Crippen molar-refractivity contribution < 1.29 is 35.6 Å². The largest absolute Gasteiger partial charge is 1.00 e. The normalized spacial score (nSPS) is 11.6. The number of imidazole rings is 1. The summed E-state index contributed by atoms with van der Waals surface area (Å²) < 4.78 is 17.5. The molecule has 0 aliphatic carbocycles. The number of nitrogens with one attached hydrogen (secondary N) is 2. The summed E-state index contributed by atoms with van der Waals surface area (Å²) in [4.78, 5) is 40.5. The first-order valence-corrected chi connectivity index (χ1v) is 14.6. The molecule has 0 unspecified atom stereocenters. The van der Waals surface area contributed by atoms with Crippen LogP contribution in [0.1, 0.15) is 11.3 Å². The summed E-state index contributed by atoms with van der Waals surface area (Å²) in [6, 6.07) is 13.9. The molecule has 4 heterocycles. The molecule has 0 fully saturated rings. The molecule has 246 valence electrons. The van der Waals surface area contributed by atoms with Crippen molar-refractivity contribution in [3.8, 4) is 0 Å². The minimum atomic E-state index is -0.493. The molecule has 2 N–H and O–H groups in total. The van der Waals surface area contributed by atoms with E-state index in [0.717, 1.165) is 22.2 Å². The highest BCUT2D eigenvalue weighted by Gasteiger charge is 2.27. The molecule has 4 aromatic heterocycles. The second-order valence-corrected chi connectivity index (χ2v) is 11.7. The van der Waals surface area contributed by atoms with Gasteiger partial charge in [0.2, 0.25) is 12.2 Å². The number of anilines is 3. The summed E-state index contributed by atoms with van der Waals surface area (Å²) in [5.74, 6) is 0.00599. The van der Waals surface area contributed by atoms with Crippen LogP contribution in [0.3, 0.4) is 0 Å². The fourth-order valence-electron chi connectivity index (χ4n) is 5.22. The summed E-state index contributed by atoms with van der Waals surface area (Å²) in [6.45, 7) is 1.23. The third-order valence-corrected chi connectivity index (χ3v) is 7.56. The van der Waals surface area contributed by atoms with E-state index in [-0.39, 0.29) is 34.5 Å². The summed E-state index contributed by atoms with van der Waals surface area (Å²) >= 11 is 0. The highest BCUT2D eigenvalue weighted by molar-refractivity contribution is 6.00. The van der Waals surface area contributed by atoms with E-state index in [0.29, 0.717) is 52.3 Å². The first-order valence-electron chi connectivity index (χ1n) is 14.6. The Labute approximate surface area is 284 Å².